The second-order valence-electron chi connectivity index (χ2n) is 5.82. The number of fused-ring (bicyclic) bond motifs is 1. The van der Waals surface area contributed by atoms with Crippen LogP contribution in [0.3, 0.4) is 0 Å². The van der Waals surface area contributed by atoms with Crippen molar-refractivity contribution in [2.75, 3.05) is 12.8 Å². The highest BCUT2D eigenvalue weighted by atomic mass is 16.2. The Kier molecular flexibility index (Phi) is 3.71. The molecule has 1 amide bonds. The van der Waals surface area contributed by atoms with Gasteiger partial charge in [0, 0.05) is 18.3 Å². The van der Waals surface area contributed by atoms with E-state index in [-0.39, 0.29) is 11.4 Å². The Morgan fingerprint density at radius 1 is 1.20 bits per heavy atom. The van der Waals surface area contributed by atoms with Crippen molar-refractivity contribution in [2.24, 2.45) is 0 Å². The summed E-state index contributed by atoms with van der Waals surface area (Å²) in [6.07, 6.45) is 0.892. The zero-order valence-corrected chi connectivity index (χ0v) is 12.6. The highest BCUT2D eigenvalue weighted by Crippen LogP contribution is 2.26. The van der Waals surface area contributed by atoms with E-state index in [9.17, 15) is 4.79 Å². The number of rotatable bonds is 3. The molecule has 0 aliphatic rings. The molecule has 0 aliphatic heterocycles. The summed E-state index contributed by atoms with van der Waals surface area (Å²) in [5.74, 6) is -0.0277. The van der Waals surface area contributed by atoms with Crippen LogP contribution in [0.25, 0.3) is 10.8 Å². The van der Waals surface area contributed by atoms with Crippen LogP contribution in [0.4, 0.5) is 5.69 Å². The van der Waals surface area contributed by atoms with E-state index < -0.39 is 0 Å². The Morgan fingerprint density at radius 3 is 2.30 bits per heavy atom. The molecule has 2 aromatic rings. The fourth-order valence-corrected chi connectivity index (χ4v) is 2.14. The van der Waals surface area contributed by atoms with Gasteiger partial charge in [-0.05, 0) is 43.2 Å². The SMILES string of the molecule is CCC(C)(C)N(C)C(=O)c1cc2ccccc2cc1N. The van der Waals surface area contributed by atoms with Crippen molar-refractivity contribution in [1.29, 1.82) is 0 Å². The van der Waals surface area contributed by atoms with Crippen LogP contribution < -0.4 is 5.73 Å². The molecule has 2 N–H and O–H groups in total. The van der Waals surface area contributed by atoms with Gasteiger partial charge in [-0.15, -0.1) is 0 Å². The molecule has 0 fully saturated rings. The molecular formula is C17H22N2O. The minimum Gasteiger partial charge on any atom is -0.398 e. The second-order valence-corrected chi connectivity index (χ2v) is 5.82. The van der Waals surface area contributed by atoms with Crippen LogP contribution in [0.2, 0.25) is 0 Å². The summed E-state index contributed by atoms with van der Waals surface area (Å²) in [4.78, 5) is 14.4. The van der Waals surface area contributed by atoms with Gasteiger partial charge in [0.05, 0.1) is 5.56 Å². The molecule has 0 aromatic heterocycles. The smallest absolute Gasteiger partial charge is 0.256 e. The Bertz CT molecular complexity index is 646. The Morgan fingerprint density at radius 2 is 1.75 bits per heavy atom. The Balaban J connectivity index is 2.47. The summed E-state index contributed by atoms with van der Waals surface area (Å²) >= 11 is 0. The molecule has 0 unspecified atom stereocenters. The zero-order valence-electron chi connectivity index (χ0n) is 12.6. The number of carbonyl (C=O) groups is 1. The number of benzene rings is 2. The molecule has 0 heterocycles. The zero-order chi connectivity index (χ0) is 14.9. The molecule has 3 heteroatoms. The molecule has 3 nitrogen and oxygen atoms in total. The Hall–Kier alpha value is -2.03. The molecule has 0 spiro atoms. The number of hydrogen-bond acceptors (Lipinski definition) is 2. The van der Waals surface area contributed by atoms with Gasteiger partial charge in [-0.3, -0.25) is 4.79 Å². The molecule has 20 heavy (non-hydrogen) atoms. The number of nitrogens with two attached hydrogens (primary N) is 1. The fraction of sp³-hybridized carbons (Fsp3) is 0.353. The third kappa shape index (κ3) is 2.48. The van der Waals surface area contributed by atoms with Crippen molar-refractivity contribution in [3.63, 3.8) is 0 Å². The lowest BCUT2D eigenvalue weighted by atomic mass is 9.97. The van der Waals surface area contributed by atoms with Gasteiger partial charge in [0.1, 0.15) is 0 Å². The molecule has 2 rings (SSSR count). The highest BCUT2D eigenvalue weighted by Gasteiger charge is 2.27. The molecule has 0 aliphatic carbocycles. The summed E-state index contributed by atoms with van der Waals surface area (Å²) in [6, 6.07) is 11.7. The normalized spacial score (nSPS) is 11.6. The third-order valence-corrected chi connectivity index (χ3v) is 4.23. The van der Waals surface area contributed by atoms with Crippen LogP contribution in [0.5, 0.6) is 0 Å². The topological polar surface area (TPSA) is 46.3 Å². The van der Waals surface area contributed by atoms with Crippen molar-refractivity contribution in [3.05, 3.63) is 42.0 Å². The van der Waals surface area contributed by atoms with Crippen LogP contribution in [-0.4, -0.2) is 23.4 Å². The lowest BCUT2D eigenvalue weighted by Gasteiger charge is -2.35. The van der Waals surface area contributed by atoms with Gasteiger partial charge >= 0.3 is 0 Å². The fourth-order valence-electron chi connectivity index (χ4n) is 2.14. The highest BCUT2D eigenvalue weighted by molar-refractivity contribution is 6.04. The van der Waals surface area contributed by atoms with Crippen LogP contribution in [0, 0.1) is 0 Å². The van der Waals surface area contributed by atoms with Gasteiger partial charge in [0.2, 0.25) is 0 Å². The summed E-state index contributed by atoms with van der Waals surface area (Å²) in [5, 5.41) is 2.09. The molecule has 2 aromatic carbocycles. The average Bonchev–Trinajstić information content (AvgIpc) is 2.45. The minimum absolute atomic E-state index is 0.0277. The first-order valence-corrected chi connectivity index (χ1v) is 6.93. The van der Waals surface area contributed by atoms with E-state index >= 15 is 0 Å². The predicted octanol–water partition coefficient (Wildman–Crippen LogP) is 3.68. The first kappa shape index (κ1) is 14.4. The van der Waals surface area contributed by atoms with Gasteiger partial charge in [-0.2, -0.15) is 0 Å². The van der Waals surface area contributed by atoms with Gasteiger partial charge < -0.3 is 10.6 Å². The number of hydrogen-bond donors (Lipinski definition) is 1. The summed E-state index contributed by atoms with van der Waals surface area (Å²) in [6.45, 7) is 6.19. The quantitative estimate of drug-likeness (QED) is 0.865. The van der Waals surface area contributed by atoms with Crippen molar-refractivity contribution in [3.8, 4) is 0 Å². The van der Waals surface area contributed by atoms with Crippen LogP contribution in [0.15, 0.2) is 36.4 Å². The van der Waals surface area contributed by atoms with Crippen molar-refractivity contribution in [2.45, 2.75) is 32.7 Å². The molecule has 0 saturated carbocycles. The van der Waals surface area contributed by atoms with Crippen molar-refractivity contribution >= 4 is 22.4 Å². The number of nitrogen functional groups attached to an aromatic ring is 1. The molecular weight excluding hydrogens is 248 g/mol. The number of anilines is 1. The lowest BCUT2D eigenvalue weighted by molar-refractivity contribution is 0.0621. The maximum atomic E-state index is 12.7. The van der Waals surface area contributed by atoms with Crippen molar-refractivity contribution in [1.82, 2.24) is 4.90 Å². The number of nitrogens with zero attached hydrogens (tertiary/aromatic N) is 1. The standard InChI is InChI=1S/C17H22N2O/c1-5-17(2,3)19(4)16(20)14-10-12-8-6-7-9-13(12)11-15(14)18/h6-11H,5,18H2,1-4H3. The van der Waals surface area contributed by atoms with Crippen LogP contribution >= 0.6 is 0 Å². The average molecular weight is 270 g/mol. The first-order chi connectivity index (χ1) is 9.36. The maximum absolute atomic E-state index is 12.7. The van der Waals surface area contributed by atoms with Gasteiger partial charge in [0.15, 0.2) is 0 Å². The summed E-state index contributed by atoms with van der Waals surface area (Å²) in [7, 11) is 1.83. The van der Waals surface area contributed by atoms with E-state index in [1.54, 1.807) is 4.90 Å². The lowest BCUT2D eigenvalue weighted by Crippen LogP contribution is -2.44. The van der Waals surface area contributed by atoms with Crippen molar-refractivity contribution < 1.29 is 4.79 Å². The summed E-state index contributed by atoms with van der Waals surface area (Å²) in [5.41, 5.74) is 6.99. The molecule has 0 bridgehead atoms. The molecule has 0 atom stereocenters. The van der Waals surface area contributed by atoms with Crippen LogP contribution in [-0.2, 0) is 0 Å². The first-order valence-electron chi connectivity index (χ1n) is 6.93. The maximum Gasteiger partial charge on any atom is 0.256 e. The molecule has 106 valence electrons. The van der Waals surface area contributed by atoms with E-state index in [4.69, 9.17) is 5.73 Å². The monoisotopic (exact) mass is 270 g/mol. The molecule has 0 radical (unpaired) electrons. The van der Waals surface area contributed by atoms with E-state index in [2.05, 4.69) is 20.8 Å². The van der Waals surface area contributed by atoms with E-state index in [1.807, 2.05) is 43.4 Å². The van der Waals surface area contributed by atoms with E-state index in [1.165, 1.54) is 0 Å². The number of amides is 1. The van der Waals surface area contributed by atoms with Crippen LogP contribution in [0.1, 0.15) is 37.6 Å². The largest absolute Gasteiger partial charge is 0.398 e. The van der Waals surface area contributed by atoms with E-state index in [0.29, 0.717) is 11.3 Å². The van der Waals surface area contributed by atoms with Gasteiger partial charge in [0.25, 0.3) is 5.91 Å². The van der Waals surface area contributed by atoms with E-state index in [0.717, 1.165) is 17.2 Å². The van der Waals surface area contributed by atoms with Gasteiger partial charge in [-0.1, -0.05) is 31.2 Å². The summed E-state index contributed by atoms with van der Waals surface area (Å²) < 4.78 is 0. The minimum atomic E-state index is -0.185. The predicted molar refractivity (Wildman–Crippen MR) is 84.8 cm³/mol. The number of carbonyl (C=O) groups excluding carboxylic acids is 1. The van der Waals surface area contributed by atoms with Gasteiger partial charge in [-0.25, -0.2) is 0 Å². The Labute approximate surface area is 120 Å². The third-order valence-electron chi connectivity index (χ3n) is 4.23. The second kappa shape index (κ2) is 5.16. The molecule has 0 saturated heterocycles.